The minimum atomic E-state index is 0.897. The first-order chi connectivity index (χ1) is 10.4. The lowest BCUT2D eigenvalue weighted by atomic mass is 9.90. The van der Waals surface area contributed by atoms with Gasteiger partial charge in [0.15, 0.2) is 0 Å². The second kappa shape index (κ2) is 4.78. The van der Waals surface area contributed by atoms with Crippen LogP contribution < -0.4 is 5.32 Å². The Morgan fingerprint density at radius 2 is 1.81 bits per heavy atom. The van der Waals surface area contributed by atoms with Crippen LogP contribution in [0.5, 0.6) is 0 Å². The summed E-state index contributed by atoms with van der Waals surface area (Å²) in [5, 5.41) is 6.23. The highest BCUT2D eigenvalue weighted by molar-refractivity contribution is 6.04. The molecular weight excluding hydrogens is 254 g/mol. The van der Waals surface area contributed by atoms with E-state index in [4.69, 9.17) is 0 Å². The maximum Gasteiger partial charge on any atom is 0.0502 e. The van der Waals surface area contributed by atoms with Crippen LogP contribution in [-0.2, 0) is 13.0 Å². The van der Waals surface area contributed by atoms with Crippen LogP contribution in [0, 0.1) is 0 Å². The minimum Gasteiger partial charge on any atom is -0.380 e. The van der Waals surface area contributed by atoms with Gasteiger partial charge >= 0.3 is 0 Å². The molecular formula is C20H17N. The molecule has 0 amide bonds. The third-order valence-electron chi connectivity index (χ3n) is 4.28. The quantitative estimate of drug-likeness (QED) is 0.635. The fourth-order valence-electron chi connectivity index (χ4n) is 3.29. The first-order valence-electron chi connectivity index (χ1n) is 7.36. The number of nitrogens with one attached hydrogen (secondary N) is 1. The predicted octanol–water partition coefficient (Wildman–Crippen LogP) is 5.16. The molecule has 1 nitrogen and oxygen atoms in total. The molecule has 0 saturated heterocycles. The van der Waals surface area contributed by atoms with Crippen molar-refractivity contribution in [2.24, 2.45) is 0 Å². The van der Waals surface area contributed by atoms with Gasteiger partial charge in [-0.2, -0.15) is 0 Å². The molecule has 3 aromatic rings. The van der Waals surface area contributed by atoms with E-state index in [1.165, 1.54) is 38.7 Å². The summed E-state index contributed by atoms with van der Waals surface area (Å²) in [6.07, 6.45) is 2.88. The zero-order valence-electron chi connectivity index (χ0n) is 11.9. The molecule has 0 spiro atoms. The molecule has 0 fully saturated rings. The number of benzene rings is 3. The summed E-state index contributed by atoms with van der Waals surface area (Å²) >= 11 is 0. The second-order valence-electron chi connectivity index (χ2n) is 5.50. The van der Waals surface area contributed by atoms with E-state index in [-0.39, 0.29) is 0 Å². The lowest BCUT2D eigenvalue weighted by Gasteiger charge is -2.23. The van der Waals surface area contributed by atoms with E-state index < -0.39 is 0 Å². The van der Waals surface area contributed by atoms with Gasteiger partial charge in [-0.15, -0.1) is 6.58 Å². The first-order valence-corrected chi connectivity index (χ1v) is 7.36. The second-order valence-corrected chi connectivity index (χ2v) is 5.50. The Morgan fingerprint density at radius 1 is 0.905 bits per heavy atom. The molecule has 0 aromatic heterocycles. The van der Waals surface area contributed by atoms with E-state index in [9.17, 15) is 0 Å². The normalized spacial score (nSPS) is 12.4. The topological polar surface area (TPSA) is 12.0 Å². The fourth-order valence-corrected chi connectivity index (χ4v) is 3.29. The minimum absolute atomic E-state index is 0.897. The van der Waals surface area contributed by atoms with Crippen LogP contribution in [0.4, 0.5) is 5.69 Å². The Hall–Kier alpha value is -2.54. The summed E-state index contributed by atoms with van der Waals surface area (Å²) in [6, 6.07) is 19.7. The number of hydrogen-bond acceptors (Lipinski definition) is 1. The van der Waals surface area contributed by atoms with E-state index >= 15 is 0 Å². The SMILES string of the molecule is C=CCc1cccc2c3c(ccc12)-c1ccccc1CN3. The molecule has 0 radical (unpaired) electrons. The van der Waals surface area contributed by atoms with Gasteiger partial charge in [-0.05, 0) is 28.5 Å². The van der Waals surface area contributed by atoms with Gasteiger partial charge in [0, 0.05) is 17.5 Å². The van der Waals surface area contributed by atoms with Crippen molar-refractivity contribution >= 4 is 16.5 Å². The van der Waals surface area contributed by atoms with Crippen molar-refractivity contribution in [1.82, 2.24) is 0 Å². The highest BCUT2D eigenvalue weighted by atomic mass is 14.9. The van der Waals surface area contributed by atoms with Gasteiger partial charge in [0.05, 0.1) is 5.69 Å². The Morgan fingerprint density at radius 3 is 2.71 bits per heavy atom. The lowest BCUT2D eigenvalue weighted by molar-refractivity contribution is 1.13. The average molecular weight is 271 g/mol. The van der Waals surface area contributed by atoms with Crippen LogP contribution in [-0.4, -0.2) is 0 Å². The zero-order chi connectivity index (χ0) is 14.2. The molecule has 1 heterocycles. The van der Waals surface area contributed by atoms with E-state index in [1.807, 2.05) is 6.08 Å². The molecule has 3 aromatic carbocycles. The number of allylic oxidation sites excluding steroid dienone is 1. The molecule has 21 heavy (non-hydrogen) atoms. The number of anilines is 1. The molecule has 0 bridgehead atoms. The van der Waals surface area contributed by atoms with Crippen LogP contribution in [0.15, 0.2) is 67.3 Å². The Kier molecular flexibility index (Phi) is 2.78. The van der Waals surface area contributed by atoms with Gasteiger partial charge in [0.1, 0.15) is 0 Å². The molecule has 4 rings (SSSR count). The van der Waals surface area contributed by atoms with E-state index in [0.717, 1.165) is 13.0 Å². The average Bonchev–Trinajstić information content (AvgIpc) is 2.55. The predicted molar refractivity (Wildman–Crippen MR) is 90.6 cm³/mol. The number of fused-ring (bicyclic) bond motifs is 5. The van der Waals surface area contributed by atoms with Crippen LogP contribution in [0.1, 0.15) is 11.1 Å². The molecule has 0 atom stereocenters. The highest BCUT2D eigenvalue weighted by Crippen LogP contribution is 2.40. The largest absolute Gasteiger partial charge is 0.380 e. The Balaban J connectivity index is 2.01. The van der Waals surface area contributed by atoms with Crippen LogP contribution in [0.3, 0.4) is 0 Å². The van der Waals surface area contributed by atoms with Crippen molar-refractivity contribution in [1.29, 1.82) is 0 Å². The Bertz CT molecular complexity index is 846. The maximum absolute atomic E-state index is 3.86. The molecule has 1 aliphatic heterocycles. The number of rotatable bonds is 2. The summed E-state index contributed by atoms with van der Waals surface area (Å²) in [5.74, 6) is 0. The highest BCUT2D eigenvalue weighted by Gasteiger charge is 2.17. The third kappa shape index (κ3) is 1.85. The Labute approximate surface area is 124 Å². The fraction of sp³-hybridized carbons (Fsp3) is 0.100. The molecule has 102 valence electrons. The van der Waals surface area contributed by atoms with Crippen molar-refractivity contribution in [3.63, 3.8) is 0 Å². The number of hydrogen-bond donors (Lipinski definition) is 1. The van der Waals surface area contributed by atoms with Crippen LogP contribution in [0.2, 0.25) is 0 Å². The lowest BCUT2D eigenvalue weighted by Crippen LogP contribution is -2.09. The van der Waals surface area contributed by atoms with Gasteiger partial charge < -0.3 is 5.32 Å². The van der Waals surface area contributed by atoms with Gasteiger partial charge in [-0.1, -0.05) is 60.7 Å². The standard InChI is InChI=1S/C20H17N/c1-2-6-14-8-5-10-18-17(14)11-12-19-16-9-4-3-7-15(16)13-21-20(18)19/h2-5,7-12,21H,1,6,13H2. The van der Waals surface area contributed by atoms with Crippen molar-refractivity contribution in [2.75, 3.05) is 5.32 Å². The first kappa shape index (κ1) is 12.2. The monoisotopic (exact) mass is 271 g/mol. The smallest absolute Gasteiger partial charge is 0.0502 e. The van der Waals surface area contributed by atoms with Gasteiger partial charge in [0.25, 0.3) is 0 Å². The summed E-state index contributed by atoms with van der Waals surface area (Å²) in [5.41, 5.74) is 6.62. The van der Waals surface area contributed by atoms with Gasteiger partial charge in [-0.3, -0.25) is 0 Å². The summed E-state index contributed by atoms with van der Waals surface area (Å²) in [6.45, 7) is 4.76. The molecule has 0 aliphatic carbocycles. The van der Waals surface area contributed by atoms with Crippen molar-refractivity contribution in [2.45, 2.75) is 13.0 Å². The van der Waals surface area contributed by atoms with E-state index in [2.05, 4.69) is 66.5 Å². The van der Waals surface area contributed by atoms with Gasteiger partial charge in [-0.25, -0.2) is 0 Å². The molecule has 1 heteroatoms. The summed E-state index contributed by atoms with van der Waals surface area (Å²) < 4.78 is 0. The van der Waals surface area contributed by atoms with Crippen molar-refractivity contribution in [3.05, 3.63) is 78.4 Å². The van der Waals surface area contributed by atoms with Gasteiger partial charge in [0.2, 0.25) is 0 Å². The summed E-state index contributed by atoms with van der Waals surface area (Å²) in [4.78, 5) is 0. The third-order valence-corrected chi connectivity index (χ3v) is 4.28. The maximum atomic E-state index is 3.86. The van der Waals surface area contributed by atoms with Crippen LogP contribution in [0.25, 0.3) is 21.9 Å². The summed E-state index contributed by atoms with van der Waals surface area (Å²) in [7, 11) is 0. The zero-order valence-corrected chi connectivity index (χ0v) is 11.9. The van der Waals surface area contributed by atoms with Crippen LogP contribution >= 0.6 is 0 Å². The molecule has 1 aliphatic rings. The molecule has 0 saturated carbocycles. The van der Waals surface area contributed by atoms with Crippen molar-refractivity contribution < 1.29 is 0 Å². The molecule has 1 N–H and O–H groups in total. The van der Waals surface area contributed by atoms with E-state index in [0.29, 0.717) is 0 Å². The molecule has 0 unspecified atom stereocenters. The van der Waals surface area contributed by atoms with E-state index in [1.54, 1.807) is 0 Å². The van der Waals surface area contributed by atoms with Crippen molar-refractivity contribution in [3.8, 4) is 11.1 Å².